The van der Waals surface area contributed by atoms with Crippen molar-refractivity contribution in [1.82, 2.24) is 5.32 Å². The summed E-state index contributed by atoms with van der Waals surface area (Å²) >= 11 is 1.81. The van der Waals surface area contributed by atoms with Crippen LogP contribution >= 0.6 is 11.8 Å². The van der Waals surface area contributed by atoms with Crippen LogP contribution in [0, 0.1) is 0 Å². The maximum atomic E-state index is 12.5. The Bertz CT molecular complexity index is 433. The van der Waals surface area contributed by atoms with E-state index in [1.54, 1.807) is 18.2 Å². The molecule has 0 bridgehead atoms. The third kappa shape index (κ3) is 4.06. The van der Waals surface area contributed by atoms with E-state index >= 15 is 0 Å². The van der Waals surface area contributed by atoms with Crippen LogP contribution in [0.5, 0.6) is 5.75 Å². The summed E-state index contributed by atoms with van der Waals surface area (Å²) in [5.74, 6) is 0.966. The number of hydrogen-bond acceptors (Lipinski definition) is 3. The standard InChI is InChI=1S/C14H18F3NOS/c1-2-18-13(12-8-5-9-20-12)10-6-3-4-7-11(10)19-14(15,16)17/h3-4,6-7,12-13,18H,2,5,8-9H2,1H3. The van der Waals surface area contributed by atoms with Crippen LogP contribution in [0.4, 0.5) is 13.2 Å². The van der Waals surface area contributed by atoms with Crippen LogP contribution < -0.4 is 10.1 Å². The molecule has 1 aromatic rings. The van der Waals surface area contributed by atoms with Crippen molar-refractivity contribution in [2.75, 3.05) is 12.3 Å². The molecule has 0 aromatic heterocycles. The zero-order valence-electron chi connectivity index (χ0n) is 11.2. The van der Waals surface area contributed by atoms with Gasteiger partial charge < -0.3 is 10.1 Å². The van der Waals surface area contributed by atoms with Crippen LogP contribution in [-0.2, 0) is 0 Å². The van der Waals surface area contributed by atoms with Crippen molar-refractivity contribution in [2.24, 2.45) is 0 Å². The van der Waals surface area contributed by atoms with Crippen molar-refractivity contribution >= 4 is 11.8 Å². The largest absolute Gasteiger partial charge is 0.573 e. The highest BCUT2D eigenvalue weighted by Crippen LogP contribution is 2.40. The van der Waals surface area contributed by atoms with E-state index in [1.165, 1.54) is 6.07 Å². The van der Waals surface area contributed by atoms with Crippen molar-refractivity contribution in [3.05, 3.63) is 29.8 Å². The molecule has 0 spiro atoms. The molecule has 20 heavy (non-hydrogen) atoms. The van der Waals surface area contributed by atoms with Crippen molar-refractivity contribution in [3.63, 3.8) is 0 Å². The Hall–Kier alpha value is -0.880. The maximum Gasteiger partial charge on any atom is 0.573 e. The van der Waals surface area contributed by atoms with Gasteiger partial charge in [-0.05, 0) is 31.2 Å². The quantitative estimate of drug-likeness (QED) is 0.883. The van der Waals surface area contributed by atoms with E-state index in [9.17, 15) is 13.2 Å². The molecule has 0 amide bonds. The number of halogens is 3. The second-order valence-corrected chi connectivity index (χ2v) is 6.02. The predicted molar refractivity (Wildman–Crippen MR) is 75.0 cm³/mol. The molecule has 2 nitrogen and oxygen atoms in total. The summed E-state index contributed by atoms with van der Waals surface area (Å²) in [5, 5.41) is 3.60. The zero-order valence-corrected chi connectivity index (χ0v) is 12.1. The van der Waals surface area contributed by atoms with E-state index in [4.69, 9.17) is 0 Å². The lowest BCUT2D eigenvalue weighted by molar-refractivity contribution is -0.275. The van der Waals surface area contributed by atoms with E-state index in [1.807, 2.05) is 18.7 Å². The fourth-order valence-electron chi connectivity index (χ4n) is 2.48. The molecule has 2 rings (SSSR count). The number of ether oxygens (including phenoxy) is 1. The third-order valence-electron chi connectivity index (χ3n) is 3.24. The molecule has 6 heteroatoms. The van der Waals surface area contributed by atoms with Gasteiger partial charge in [-0.1, -0.05) is 25.1 Å². The molecule has 2 atom stereocenters. The van der Waals surface area contributed by atoms with Gasteiger partial charge in [0.25, 0.3) is 0 Å². The van der Waals surface area contributed by atoms with Crippen LogP contribution in [-0.4, -0.2) is 23.9 Å². The second kappa shape index (κ2) is 6.72. The van der Waals surface area contributed by atoms with Gasteiger partial charge in [0.2, 0.25) is 0 Å². The maximum absolute atomic E-state index is 12.5. The summed E-state index contributed by atoms with van der Waals surface area (Å²) in [6.07, 6.45) is -2.53. The average Bonchev–Trinajstić information content (AvgIpc) is 2.89. The summed E-state index contributed by atoms with van der Waals surface area (Å²) in [7, 11) is 0. The van der Waals surface area contributed by atoms with Gasteiger partial charge in [-0.2, -0.15) is 11.8 Å². The molecule has 1 heterocycles. The van der Waals surface area contributed by atoms with Gasteiger partial charge in [-0.3, -0.25) is 0 Å². The molecular formula is C14H18F3NOS. The highest BCUT2D eigenvalue weighted by molar-refractivity contribution is 8.00. The van der Waals surface area contributed by atoms with Crippen molar-refractivity contribution in [2.45, 2.75) is 37.4 Å². The average molecular weight is 305 g/mol. The number of thioether (sulfide) groups is 1. The Balaban J connectivity index is 2.27. The molecule has 0 radical (unpaired) electrons. The predicted octanol–water partition coefficient (Wildman–Crippen LogP) is 4.13. The minimum absolute atomic E-state index is 0.0987. The summed E-state index contributed by atoms with van der Waals surface area (Å²) in [4.78, 5) is 0. The monoisotopic (exact) mass is 305 g/mol. The number of rotatable bonds is 5. The summed E-state index contributed by atoms with van der Waals surface area (Å²) in [5.41, 5.74) is 0.589. The molecular weight excluding hydrogens is 287 g/mol. The molecule has 0 aliphatic carbocycles. The Morgan fingerprint density at radius 2 is 2.15 bits per heavy atom. The number of nitrogens with one attached hydrogen (secondary N) is 1. The zero-order chi connectivity index (χ0) is 14.6. The van der Waals surface area contributed by atoms with Crippen molar-refractivity contribution < 1.29 is 17.9 Å². The molecule has 1 saturated heterocycles. The van der Waals surface area contributed by atoms with Crippen molar-refractivity contribution in [3.8, 4) is 5.75 Å². The highest BCUT2D eigenvalue weighted by atomic mass is 32.2. The molecule has 1 aliphatic rings. The first kappa shape index (κ1) is 15.5. The van der Waals surface area contributed by atoms with Gasteiger partial charge in [-0.25, -0.2) is 0 Å². The number of benzene rings is 1. The number of alkyl halides is 3. The van der Waals surface area contributed by atoms with Crippen LogP contribution in [0.1, 0.15) is 31.4 Å². The van der Waals surface area contributed by atoms with Crippen LogP contribution in [0.2, 0.25) is 0 Å². The molecule has 1 aromatic carbocycles. The van der Waals surface area contributed by atoms with Gasteiger partial charge >= 0.3 is 6.36 Å². The van der Waals surface area contributed by atoms with Gasteiger partial charge in [-0.15, -0.1) is 13.2 Å². The van der Waals surface area contributed by atoms with Gasteiger partial charge in [0.05, 0.1) is 0 Å². The summed E-state index contributed by atoms with van der Waals surface area (Å²) < 4.78 is 41.7. The first-order chi connectivity index (χ1) is 9.51. The van der Waals surface area contributed by atoms with Crippen molar-refractivity contribution in [1.29, 1.82) is 0 Å². The summed E-state index contributed by atoms with van der Waals surface area (Å²) in [6, 6.07) is 6.31. The minimum Gasteiger partial charge on any atom is -0.405 e. The van der Waals surface area contributed by atoms with Crippen LogP contribution in [0.3, 0.4) is 0 Å². The minimum atomic E-state index is -4.66. The van der Waals surface area contributed by atoms with Gasteiger partial charge in [0.1, 0.15) is 5.75 Å². The smallest absolute Gasteiger partial charge is 0.405 e. The molecule has 2 unspecified atom stereocenters. The molecule has 1 aliphatic heterocycles. The summed E-state index contributed by atoms with van der Waals surface area (Å²) in [6.45, 7) is 2.67. The third-order valence-corrected chi connectivity index (χ3v) is 4.70. The lowest BCUT2D eigenvalue weighted by Crippen LogP contribution is -2.30. The number of hydrogen-bond donors (Lipinski definition) is 1. The van der Waals surface area contributed by atoms with E-state index in [0.29, 0.717) is 17.4 Å². The number of para-hydroxylation sites is 1. The topological polar surface area (TPSA) is 21.3 Å². The normalized spacial score (nSPS) is 20.9. The molecule has 0 saturated carbocycles. The van der Waals surface area contributed by atoms with Crippen LogP contribution in [0.15, 0.2) is 24.3 Å². The Labute approximate surface area is 121 Å². The first-order valence-corrected chi connectivity index (χ1v) is 7.76. The Morgan fingerprint density at radius 3 is 2.75 bits per heavy atom. The molecule has 112 valence electrons. The fraction of sp³-hybridized carbons (Fsp3) is 0.571. The van der Waals surface area contributed by atoms with E-state index in [2.05, 4.69) is 10.1 Å². The second-order valence-electron chi connectivity index (χ2n) is 4.67. The van der Waals surface area contributed by atoms with Gasteiger partial charge in [0, 0.05) is 16.9 Å². The SMILES string of the molecule is CCNC(c1ccccc1OC(F)(F)F)C1CCCS1. The van der Waals surface area contributed by atoms with Gasteiger partial charge in [0.15, 0.2) is 0 Å². The fourth-order valence-corrected chi connectivity index (χ4v) is 3.89. The first-order valence-electron chi connectivity index (χ1n) is 6.71. The Kier molecular flexibility index (Phi) is 5.21. The Morgan fingerprint density at radius 1 is 1.40 bits per heavy atom. The lowest BCUT2D eigenvalue weighted by atomic mass is 9.99. The van der Waals surface area contributed by atoms with E-state index < -0.39 is 6.36 Å². The highest BCUT2D eigenvalue weighted by Gasteiger charge is 2.34. The molecule has 1 fully saturated rings. The molecule has 1 N–H and O–H groups in total. The van der Waals surface area contributed by atoms with E-state index in [-0.39, 0.29) is 11.8 Å². The van der Waals surface area contributed by atoms with E-state index in [0.717, 1.165) is 18.6 Å². The lowest BCUT2D eigenvalue weighted by Gasteiger charge is -2.26. The van der Waals surface area contributed by atoms with Crippen LogP contribution in [0.25, 0.3) is 0 Å².